The molecule has 0 heterocycles. The fourth-order valence-corrected chi connectivity index (χ4v) is 3.43. The van der Waals surface area contributed by atoms with Gasteiger partial charge in [0.05, 0.1) is 6.61 Å². The summed E-state index contributed by atoms with van der Waals surface area (Å²) in [4.78, 5) is 10.8. The lowest BCUT2D eigenvalue weighted by Crippen LogP contribution is -2.37. The van der Waals surface area contributed by atoms with Gasteiger partial charge in [-0.05, 0) is 17.5 Å². The molecule has 1 aromatic carbocycles. The lowest BCUT2D eigenvalue weighted by atomic mass is 10.0. The number of thioether (sulfide) groups is 1. The van der Waals surface area contributed by atoms with E-state index < -0.39 is 6.09 Å². The number of carbonyl (C=O) groups is 1. The molecule has 0 radical (unpaired) electrons. The molecule has 0 unspecified atom stereocenters. The van der Waals surface area contributed by atoms with Gasteiger partial charge < -0.3 is 15.5 Å². The van der Waals surface area contributed by atoms with Crippen molar-refractivity contribution < 1.29 is 15.0 Å². The summed E-state index contributed by atoms with van der Waals surface area (Å²) in [6.45, 7) is 0.163. The minimum absolute atomic E-state index is 0.0499. The van der Waals surface area contributed by atoms with Crippen molar-refractivity contribution in [3.63, 3.8) is 0 Å². The van der Waals surface area contributed by atoms with Crippen molar-refractivity contribution in [1.29, 1.82) is 0 Å². The first kappa shape index (κ1) is 13.2. The van der Waals surface area contributed by atoms with Crippen LogP contribution in [-0.2, 0) is 6.42 Å². The number of amides is 1. The van der Waals surface area contributed by atoms with Gasteiger partial charge in [-0.2, -0.15) is 11.8 Å². The van der Waals surface area contributed by atoms with E-state index in [1.165, 1.54) is 11.1 Å². The van der Waals surface area contributed by atoms with Gasteiger partial charge in [0.2, 0.25) is 0 Å². The van der Waals surface area contributed by atoms with Crippen molar-refractivity contribution in [1.82, 2.24) is 5.32 Å². The molecule has 98 valence electrons. The summed E-state index contributed by atoms with van der Waals surface area (Å²) in [7, 11) is 0. The number of benzene rings is 1. The molecule has 2 atom stereocenters. The zero-order valence-corrected chi connectivity index (χ0v) is 10.8. The monoisotopic (exact) mass is 267 g/mol. The second-order valence-electron chi connectivity index (χ2n) is 4.36. The summed E-state index contributed by atoms with van der Waals surface area (Å²) < 4.78 is 0. The van der Waals surface area contributed by atoms with E-state index in [-0.39, 0.29) is 18.6 Å². The molecule has 1 amide bonds. The van der Waals surface area contributed by atoms with E-state index in [1.807, 2.05) is 12.1 Å². The number of nitrogens with one attached hydrogen (secondary N) is 1. The SMILES string of the molecule is O=C(O)N[C@@H]1Cc2ccccc2[C@H]1CSCCO. The topological polar surface area (TPSA) is 69.6 Å². The lowest BCUT2D eigenvalue weighted by Gasteiger charge is -2.20. The summed E-state index contributed by atoms with van der Waals surface area (Å²) in [5.41, 5.74) is 2.47. The molecule has 18 heavy (non-hydrogen) atoms. The first-order valence-electron chi connectivity index (χ1n) is 5.98. The molecule has 0 saturated carbocycles. The highest BCUT2D eigenvalue weighted by atomic mass is 32.2. The molecule has 3 N–H and O–H groups in total. The summed E-state index contributed by atoms with van der Waals surface area (Å²) in [5.74, 6) is 1.73. The number of fused-ring (bicyclic) bond motifs is 1. The van der Waals surface area contributed by atoms with Crippen molar-refractivity contribution in [2.75, 3.05) is 18.1 Å². The van der Waals surface area contributed by atoms with Crippen LogP contribution in [0.4, 0.5) is 4.79 Å². The third kappa shape index (κ3) is 2.97. The van der Waals surface area contributed by atoms with Crippen LogP contribution >= 0.6 is 11.8 Å². The number of hydrogen-bond acceptors (Lipinski definition) is 3. The fraction of sp³-hybridized carbons (Fsp3) is 0.462. The molecule has 0 bridgehead atoms. The third-order valence-corrected chi connectivity index (χ3v) is 4.29. The Morgan fingerprint density at radius 3 is 2.94 bits per heavy atom. The van der Waals surface area contributed by atoms with Gasteiger partial charge in [-0.15, -0.1) is 0 Å². The zero-order chi connectivity index (χ0) is 13.0. The van der Waals surface area contributed by atoms with Gasteiger partial charge >= 0.3 is 6.09 Å². The lowest BCUT2D eigenvalue weighted by molar-refractivity contribution is 0.189. The normalized spacial score (nSPS) is 21.6. The van der Waals surface area contributed by atoms with Crippen LogP contribution in [-0.4, -0.2) is 40.5 Å². The van der Waals surface area contributed by atoms with Crippen molar-refractivity contribution in [2.45, 2.75) is 18.4 Å². The van der Waals surface area contributed by atoms with Crippen LogP contribution in [0.5, 0.6) is 0 Å². The maximum absolute atomic E-state index is 10.8. The maximum Gasteiger partial charge on any atom is 0.404 e. The molecule has 1 aliphatic rings. The molecule has 1 aromatic rings. The van der Waals surface area contributed by atoms with Crippen molar-refractivity contribution in [2.24, 2.45) is 0 Å². The largest absolute Gasteiger partial charge is 0.465 e. The van der Waals surface area contributed by atoms with Gasteiger partial charge in [-0.1, -0.05) is 24.3 Å². The number of rotatable bonds is 5. The van der Waals surface area contributed by atoms with E-state index in [9.17, 15) is 4.79 Å². The molecule has 0 spiro atoms. The van der Waals surface area contributed by atoms with Crippen molar-refractivity contribution in [3.05, 3.63) is 35.4 Å². The van der Waals surface area contributed by atoms with Crippen molar-refractivity contribution in [3.8, 4) is 0 Å². The minimum Gasteiger partial charge on any atom is -0.465 e. The molecule has 0 aromatic heterocycles. The predicted molar refractivity (Wildman–Crippen MR) is 72.2 cm³/mol. The number of carboxylic acid groups (broad SMARTS) is 1. The van der Waals surface area contributed by atoms with Crippen LogP contribution in [0.2, 0.25) is 0 Å². The van der Waals surface area contributed by atoms with Crippen LogP contribution in [0.25, 0.3) is 0 Å². The van der Waals surface area contributed by atoms with Crippen LogP contribution in [0.3, 0.4) is 0 Å². The summed E-state index contributed by atoms with van der Waals surface area (Å²) in [6, 6.07) is 8.06. The van der Waals surface area contributed by atoms with Gasteiger partial charge in [0, 0.05) is 23.5 Å². The maximum atomic E-state index is 10.8. The Hall–Kier alpha value is -1.20. The van der Waals surface area contributed by atoms with Gasteiger partial charge in [0.25, 0.3) is 0 Å². The molecule has 2 rings (SSSR count). The van der Waals surface area contributed by atoms with E-state index in [4.69, 9.17) is 10.2 Å². The average Bonchev–Trinajstić information content (AvgIpc) is 2.67. The Labute approximate surface area is 110 Å². The Bertz CT molecular complexity index is 424. The summed E-state index contributed by atoms with van der Waals surface area (Å²) in [6.07, 6.45) is -0.211. The smallest absolute Gasteiger partial charge is 0.404 e. The Balaban J connectivity index is 2.10. The fourth-order valence-electron chi connectivity index (χ4n) is 2.47. The molecule has 0 aliphatic heterocycles. The van der Waals surface area contributed by atoms with Crippen LogP contribution in [0, 0.1) is 0 Å². The summed E-state index contributed by atoms with van der Waals surface area (Å²) >= 11 is 1.66. The second kappa shape index (κ2) is 6.11. The Morgan fingerprint density at radius 1 is 1.44 bits per heavy atom. The van der Waals surface area contributed by atoms with Gasteiger partial charge in [0.1, 0.15) is 0 Å². The first-order valence-corrected chi connectivity index (χ1v) is 7.13. The van der Waals surface area contributed by atoms with E-state index >= 15 is 0 Å². The molecule has 0 fully saturated rings. The minimum atomic E-state index is -0.968. The highest BCUT2D eigenvalue weighted by molar-refractivity contribution is 7.99. The highest BCUT2D eigenvalue weighted by Gasteiger charge is 2.32. The summed E-state index contributed by atoms with van der Waals surface area (Å²) in [5, 5.41) is 20.3. The number of aliphatic hydroxyl groups is 1. The van der Waals surface area contributed by atoms with Gasteiger partial charge in [-0.3, -0.25) is 0 Å². The number of hydrogen-bond donors (Lipinski definition) is 3. The van der Waals surface area contributed by atoms with Crippen molar-refractivity contribution >= 4 is 17.9 Å². The highest BCUT2D eigenvalue weighted by Crippen LogP contribution is 2.35. The Morgan fingerprint density at radius 2 is 2.22 bits per heavy atom. The predicted octanol–water partition coefficient (Wildman–Crippen LogP) is 1.69. The standard InChI is InChI=1S/C13H17NO3S/c15-5-6-18-8-11-10-4-2-1-3-9(10)7-12(11)14-13(16)17/h1-4,11-12,14-15H,5-8H2,(H,16,17)/t11-,12-/m1/s1. The van der Waals surface area contributed by atoms with Crippen LogP contribution in [0.15, 0.2) is 24.3 Å². The van der Waals surface area contributed by atoms with E-state index in [0.717, 1.165) is 12.2 Å². The molecule has 0 saturated heterocycles. The number of aliphatic hydroxyl groups excluding tert-OH is 1. The van der Waals surface area contributed by atoms with Gasteiger partial charge in [-0.25, -0.2) is 4.79 Å². The molecule has 1 aliphatic carbocycles. The first-order chi connectivity index (χ1) is 8.72. The molecular weight excluding hydrogens is 250 g/mol. The molecular formula is C13H17NO3S. The zero-order valence-electron chi connectivity index (χ0n) is 10.0. The van der Waals surface area contributed by atoms with Crippen LogP contribution in [0.1, 0.15) is 17.0 Å². The van der Waals surface area contributed by atoms with E-state index in [1.54, 1.807) is 11.8 Å². The van der Waals surface area contributed by atoms with E-state index in [2.05, 4.69) is 17.4 Å². The van der Waals surface area contributed by atoms with E-state index in [0.29, 0.717) is 5.75 Å². The third-order valence-electron chi connectivity index (χ3n) is 3.22. The Kier molecular flexibility index (Phi) is 4.49. The van der Waals surface area contributed by atoms with Gasteiger partial charge in [0.15, 0.2) is 0 Å². The second-order valence-corrected chi connectivity index (χ2v) is 5.51. The van der Waals surface area contributed by atoms with Crippen LogP contribution < -0.4 is 5.32 Å². The average molecular weight is 267 g/mol. The quantitative estimate of drug-likeness (QED) is 0.710. The molecule has 4 nitrogen and oxygen atoms in total. The molecule has 5 heteroatoms.